The Hall–Kier alpha value is -1.11. The molecule has 16 heavy (non-hydrogen) atoms. The van der Waals surface area contributed by atoms with Crippen LogP contribution in [0.3, 0.4) is 0 Å². The van der Waals surface area contributed by atoms with Crippen molar-refractivity contribution in [3.05, 3.63) is 35.4 Å². The molecule has 1 heteroatoms. The van der Waals surface area contributed by atoms with E-state index < -0.39 is 0 Å². The maximum absolute atomic E-state index is 11.5. The van der Waals surface area contributed by atoms with E-state index in [1.165, 1.54) is 11.1 Å². The van der Waals surface area contributed by atoms with Gasteiger partial charge in [-0.05, 0) is 17.0 Å². The highest BCUT2D eigenvalue weighted by atomic mass is 16.1. The molecule has 0 radical (unpaired) electrons. The molecule has 0 spiro atoms. The predicted octanol–water partition coefficient (Wildman–Crippen LogP) is 3.89. The van der Waals surface area contributed by atoms with Gasteiger partial charge >= 0.3 is 0 Å². The SMILES string of the molecule is CC(C)c1ccc(C2CC(=O)C2(C)C)cc1. The minimum absolute atomic E-state index is 0.153. The Morgan fingerprint density at radius 3 is 2.12 bits per heavy atom. The van der Waals surface area contributed by atoms with Crippen LogP contribution in [0, 0.1) is 5.41 Å². The summed E-state index contributed by atoms with van der Waals surface area (Å²) in [7, 11) is 0. The first kappa shape index (κ1) is 11.4. The molecule has 1 unspecified atom stereocenters. The van der Waals surface area contributed by atoms with Crippen molar-refractivity contribution in [1.82, 2.24) is 0 Å². The van der Waals surface area contributed by atoms with Crippen LogP contribution in [0.5, 0.6) is 0 Å². The molecule has 1 nitrogen and oxygen atoms in total. The van der Waals surface area contributed by atoms with Crippen LogP contribution in [0.15, 0.2) is 24.3 Å². The highest BCUT2D eigenvalue weighted by molar-refractivity contribution is 5.92. The minimum Gasteiger partial charge on any atom is -0.299 e. The van der Waals surface area contributed by atoms with Crippen LogP contribution in [-0.4, -0.2) is 5.78 Å². The van der Waals surface area contributed by atoms with Crippen LogP contribution in [0.4, 0.5) is 0 Å². The molecular formula is C15H20O. The summed E-state index contributed by atoms with van der Waals surface area (Å²) in [6.07, 6.45) is 0.716. The van der Waals surface area contributed by atoms with Gasteiger partial charge in [-0.15, -0.1) is 0 Å². The minimum atomic E-state index is -0.153. The van der Waals surface area contributed by atoms with Gasteiger partial charge in [0.15, 0.2) is 0 Å². The number of Topliss-reactive ketones (excluding diaryl/α,β-unsaturated/α-hetero) is 1. The Morgan fingerprint density at radius 2 is 1.75 bits per heavy atom. The molecule has 1 aromatic rings. The third-order valence-electron chi connectivity index (χ3n) is 3.98. The summed E-state index contributed by atoms with van der Waals surface area (Å²) in [5, 5.41) is 0. The lowest BCUT2D eigenvalue weighted by atomic mass is 9.59. The van der Waals surface area contributed by atoms with E-state index in [2.05, 4.69) is 52.0 Å². The van der Waals surface area contributed by atoms with Crippen LogP contribution < -0.4 is 0 Å². The van der Waals surface area contributed by atoms with Gasteiger partial charge < -0.3 is 0 Å². The molecule has 1 fully saturated rings. The lowest BCUT2D eigenvalue weighted by molar-refractivity contribution is -0.137. The molecule has 1 atom stereocenters. The standard InChI is InChI=1S/C15H20O/c1-10(2)11-5-7-12(8-6-11)13-9-14(16)15(13,3)4/h5-8,10,13H,9H2,1-4H3. The van der Waals surface area contributed by atoms with Gasteiger partial charge in [0, 0.05) is 17.8 Å². The number of hydrogen-bond donors (Lipinski definition) is 0. The number of rotatable bonds is 2. The molecule has 2 rings (SSSR count). The molecule has 0 bridgehead atoms. The van der Waals surface area contributed by atoms with E-state index in [1.807, 2.05) is 0 Å². The highest BCUT2D eigenvalue weighted by Gasteiger charge is 2.47. The van der Waals surface area contributed by atoms with Crippen molar-refractivity contribution in [2.75, 3.05) is 0 Å². The number of hydrogen-bond acceptors (Lipinski definition) is 1. The number of carbonyl (C=O) groups excluding carboxylic acids is 1. The van der Waals surface area contributed by atoms with E-state index in [9.17, 15) is 4.79 Å². The lowest BCUT2D eigenvalue weighted by Crippen LogP contribution is -2.43. The second-order valence-electron chi connectivity index (χ2n) is 5.72. The van der Waals surface area contributed by atoms with E-state index in [4.69, 9.17) is 0 Å². The molecule has 1 aliphatic carbocycles. The normalized spacial score (nSPS) is 23.3. The Kier molecular flexibility index (Phi) is 2.65. The Bertz CT molecular complexity index is 398. The number of benzene rings is 1. The molecule has 1 aliphatic rings. The maximum atomic E-state index is 11.5. The van der Waals surface area contributed by atoms with Crippen molar-refractivity contribution in [2.24, 2.45) is 5.41 Å². The molecule has 0 N–H and O–H groups in total. The lowest BCUT2D eigenvalue weighted by Gasteiger charge is -2.43. The maximum Gasteiger partial charge on any atom is 0.139 e. The molecular weight excluding hydrogens is 196 g/mol. The van der Waals surface area contributed by atoms with E-state index in [0.717, 1.165) is 0 Å². The van der Waals surface area contributed by atoms with Gasteiger partial charge in [0.25, 0.3) is 0 Å². The van der Waals surface area contributed by atoms with Gasteiger partial charge in [0.2, 0.25) is 0 Å². The molecule has 0 saturated heterocycles. The van der Waals surface area contributed by atoms with Crippen LogP contribution >= 0.6 is 0 Å². The summed E-state index contributed by atoms with van der Waals surface area (Å²) in [4.78, 5) is 11.5. The molecule has 0 amide bonds. The fraction of sp³-hybridized carbons (Fsp3) is 0.533. The van der Waals surface area contributed by atoms with Crippen LogP contribution in [0.25, 0.3) is 0 Å². The van der Waals surface area contributed by atoms with Gasteiger partial charge in [0.1, 0.15) is 5.78 Å². The number of carbonyl (C=O) groups is 1. The largest absolute Gasteiger partial charge is 0.299 e. The van der Waals surface area contributed by atoms with E-state index in [1.54, 1.807) is 0 Å². The third-order valence-corrected chi connectivity index (χ3v) is 3.98. The summed E-state index contributed by atoms with van der Waals surface area (Å²) in [6.45, 7) is 8.51. The average Bonchev–Trinajstić information content (AvgIpc) is 2.26. The van der Waals surface area contributed by atoms with Crippen molar-refractivity contribution in [3.8, 4) is 0 Å². The quantitative estimate of drug-likeness (QED) is 0.733. The Labute approximate surface area is 97.9 Å². The zero-order valence-corrected chi connectivity index (χ0v) is 10.6. The second-order valence-corrected chi connectivity index (χ2v) is 5.72. The van der Waals surface area contributed by atoms with Crippen LogP contribution in [-0.2, 0) is 4.79 Å². The summed E-state index contributed by atoms with van der Waals surface area (Å²) >= 11 is 0. The van der Waals surface area contributed by atoms with Crippen molar-refractivity contribution < 1.29 is 4.79 Å². The summed E-state index contributed by atoms with van der Waals surface area (Å²) in [6, 6.07) is 8.76. The van der Waals surface area contributed by atoms with Gasteiger partial charge in [-0.25, -0.2) is 0 Å². The zero-order valence-electron chi connectivity index (χ0n) is 10.6. The Balaban J connectivity index is 2.21. The second kappa shape index (κ2) is 3.73. The monoisotopic (exact) mass is 216 g/mol. The molecule has 0 heterocycles. The van der Waals surface area contributed by atoms with Crippen molar-refractivity contribution >= 4 is 5.78 Å². The fourth-order valence-electron chi connectivity index (χ4n) is 2.41. The van der Waals surface area contributed by atoms with E-state index >= 15 is 0 Å². The van der Waals surface area contributed by atoms with Gasteiger partial charge in [-0.1, -0.05) is 52.0 Å². The van der Waals surface area contributed by atoms with Gasteiger partial charge in [-0.2, -0.15) is 0 Å². The van der Waals surface area contributed by atoms with Crippen molar-refractivity contribution in [2.45, 2.75) is 46.0 Å². The molecule has 1 saturated carbocycles. The highest BCUT2D eigenvalue weighted by Crippen LogP contribution is 2.49. The first-order chi connectivity index (χ1) is 7.43. The van der Waals surface area contributed by atoms with Crippen LogP contribution in [0.1, 0.15) is 57.1 Å². The van der Waals surface area contributed by atoms with E-state index in [-0.39, 0.29) is 5.41 Å². The predicted molar refractivity (Wildman–Crippen MR) is 66.7 cm³/mol. The average molecular weight is 216 g/mol. The first-order valence-corrected chi connectivity index (χ1v) is 6.06. The summed E-state index contributed by atoms with van der Waals surface area (Å²) in [5.41, 5.74) is 2.53. The third kappa shape index (κ3) is 1.68. The van der Waals surface area contributed by atoms with Crippen LogP contribution in [0.2, 0.25) is 0 Å². The van der Waals surface area contributed by atoms with E-state index in [0.29, 0.717) is 24.0 Å². The number of ketones is 1. The molecule has 0 aromatic heterocycles. The zero-order chi connectivity index (χ0) is 11.9. The van der Waals surface area contributed by atoms with Crippen molar-refractivity contribution in [3.63, 3.8) is 0 Å². The molecule has 1 aromatic carbocycles. The molecule has 86 valence electrons. The van der Waals surface area contributed by atoms with Crippen molar-refractivity contribution in [1.29, 1.82) is 0 Å². The smallest absolute Gasteiger partial charge is 0.139 e. The molecule has 0 aliphatic heterocycles. The fourth-order valence-corrected chi connectivity index (χ4v) is 2.41. The summed E-state index contributed by atoms with van der Waals surface area (Å²) < 4.78 is 0. The summed E-state index contributed by atoms with van der Waals surface area (Å²) in [5.74, 6) is 1.39. The topological polar surface area (TPSA) is 17.1 Å². The van der Waals surface area contributed by atoms with Gasteiger partial charge in [-0.3, -0.25) is 4.79 Å². The first-order valence-electron chi connectivity index (χ1n) is 6.06. The Morgan fingerprint density at radius 1 is 1.19 bits per heavy atom. The van der Waals surface area contributed by atoms with Gasteiger partial charge in [0.05, 0.1) is 0 Å².